The molecule has 0 amide bonds. The number of hydrogen-bond donors (Lipinski definition) is 2. The highest BCUT2D eigenvalue weighted by atomic mass is 19.3. The third-order valence-corrected chi connectivity index (χ3v) is 1.44. The van der Waals surface area contributed by atoms with Gasteiger partial charge in [0, 0.05) is 0 Å². The summed E-state index contributed by atoms with van der Waals surface area (Å²) >= 11 is 0. The fourth-order valence-corrected chi connectivity index (χ4v) is 0.823. The van der Waals surface area contributed by atoms with Gasteiger partial charge in [-0.25, -0.2) is 8.78 Å². The molecular formula is C7H15F2NO. The molecule has 1 saturated heterocycles. The highest BCUT2D eigenvalue weighted by molar-refractivity contribution is 4.83. The molecule has 1 aliphatic heterocycles. The lowest BCUT2D eigenvalue weighted by atomic mass is 10.1. The molecule has 0 aromatic rings. The zero-order valence-corrected chi connectivity index (χ0v) is 6.90. The highest BCUT2D eigenvalue weighted by Crippen LogP contribution is 2.22. The van der Waals surface area contributed by atoms with E-state index < -0.39 is 18.6 Å². The van der Waals surface area contributed by atoms with Crippen molar-refractivity contribution in [2.45, 2.75) is 32.3 Å². The van der Waals surface area contributed by atoms with Crippen LogP contribution in [0.5, 0.6) is 0 Å². The van der Waals surface area contributed by atoms with Gasteiger partial charge < -0.3 is 10.4 Å². The van der Waals surface area contributed by atoms with Crippen molar-refractivity contribution in [2.75, 3.05) is 13.1 Å². The van der Waals surface area contributed by atoms with E-state index in [2.05, 4.69) is 5.32 Å². The zero-order chi connectivity index (χ0) is 8.91. The molecule has 2 N–H and O–H groups in total. The molecule has 0 saturated carbocycles. The summed E-state index contributed by atoms with van der Waals surface area (Å²) in [6.45, 7) is 4.09. The van der Waals surface area contributed by atoms with E-state index in [-0.39, 0.29) is 6.42 Å². The minimum Gasteiger partial charge on any atom is -0.387 e. The molecule has 0 aromatic carbocycles. The normalized spacial score (nSPS) is 28.6. The Morgan fingerprint density at radius 3 is 2.27 bits per heavy atom. The van der Waals surface area contributed by atoms with E-state index in [0.717, 1.165) is 0 Å². The van der Waals surface area contributed by atoms with Crippen molar-refractivity contribution in [1.82, 2.24) is 5.32 Å². The van der Waals surface area contributed by atoms with Crippen LogP contribution in [0.4, 0.5) is 8.78 Å². The fraction of sp³-hybridized carbons (Fsp3) is 1.00. The molecule has 1 aliphatic rings. The number of nitrogens with one attached hydrogen (secondary N) is 1. The lowest BCUT2D eigenvalue weighted by Crippen LogP contribution is -2.49. The predicted molar refractivity (Wildman–Crippen MR) is 39.8 cm³/mol. The van der Waals surface area contributed by atoms with Crippen LogP contribution in [0.3, 0.4) is 0 Å². The Kier molecular flexibility index (Phi) is 4.52. The van der Waals surface area contributed by atoms with Crippen molar-refractivity contribution >= 4 is 0 Å². The largest absolute Gasteiger partial charge is 0.387 e. The van der Waals surface area contributed by atoms with E-state index in [1.165, 1.54) is 0 Å². The number of aliphatic hydroxyl groups excluding tert-OH is 1. The van der Waals surface area contributed by atoms with Gasteiger partial charge in [0.15, 0.2) is 0 Å². The Hall–Kier alpha value is -0.220. The van der Waals surface area contributed by atoms with Crippen LogP contribution in [0, 0.1) is 0 Å². The molecule has 0 bridgehead atoms. The first-order valence-electron chi connectivity index (χ1n) is 3.89. The van der Waals surface area contributed by atoms with Gasteiger partial charge in [-0.3, -0.25) is 0 Å². The number of hydrogen-bond acceptors (Lipinski definition) is 2. The lowest BCUT2D eigenvalue weighted by Gasteiger charge is -2.27. The second-order valence-electron chi connectivity index (χ2n) is 2.24. The SMILES string of the molecule is CC.O[C@H]1CCNCC1(F)F. The monoisotopic (exact) mass is 167 g/mol. The van der Waals surface area contributed by atoms with Crippen molar-refractivity contribution in [3.8, 4) is 0 Å². The third kappa shape index (κ3) is 3.12. The molecule has 1 fully saturated rings. The summed E-state index contributed by atoms with van der Waals surface area (Å²) in [7, 11) is 0. The van der Waals surface area contributed by atoms with E-state index in [9.17, 15) is 8.78 Å². The fourth-order valence-electron chi connectivity index (χ4n) is 0.823. The summed E-state index contributed by atoms with van der Waals surface area (Å²) in [5.74, 6) is -2.92. The molecule has 1 rings (SSSR count). The van der Waals surface area contributed by atoms with E-state index >= 15 is 0 Å². The molecule has 2 nitrogen and oxygen atoms in total. The molecule has 0 radical (unpaired) electrons. The predicted octanol–water partition coefficient (Wildman–Crippen LogP) is 1.00. The Balaban J connectivity index is 0.000000461. The molecule has 4 heteroatoms. The number of rotatable bonds is 0. The first-order valence-corrected chi connectivity index (χ1v) is 3.89. The van der Waals surface area contributed by atoms with Gasteiger partial charge in [0.25, 0.3) is 5.92 Å². The van der Waals surface area contributed by atoms with Gasteiger partial charge in [0.05, 0.1) is 6.54 Å². The Morgan fingerprint density at radius 1 is 1.45 bits per heavy atom. The molecule has 11 heavy (non-hydrogen) atoms. The van der Waals surface area contributed by atoms with Gasteiger partial charge in [-0.15, -0.1) is 0 Å². The van der Waals surface area contributed by atoms with Gasteiger partial charge in [-0.05, 0) is 13.0 Å². The number of halogens is 2. The second-order valence-corrected chi connectivity index (χ2v) is 2.24. The molecule has 0 spiro atoms. The summed E-state index contributed by atoms with van der Waals surface area (Å²) in [5, 5.41) is 11.1. The van der Waals surface area contributed by atoms with Crippen LogP contribution in [-0.4, -0.2) is 30.2 Å². The summed E-state index contributed by atoms with van der Waals surface area (Å²) in [6, 6.07) is 0. The molecule has 0 aliphatic carbocycles. The van der Waals surface area contributed by atoms with Crippen LogP contribution in [0.1, 0.15) is 20.3 Å². The third-order valence-electron chi connectivity index (χ3n) is 1.44. The van der Waals surface area contributed by atoms with Gasteiger partial charge in [0.1, 0.15) is 6.10 Å². The molecule has 1 heterocycles. The van der Waals surface area contributed by atoms with Crippen molar-refractivity contribution < 1.29 is 13.9 Å². The maximum absolute atomic E-state index is 12.3. The van der Waals surface area contributed by atoms with E-state index in [1.807, 2.05) is 13.8 Å². The zero-order valence-electron chi connectivity index (χ0n) is 6.90. The number of aliphatic hydroxyl groups is 1. The molecular weight excluding hydrogens is 152 g/mol. The van der Waals surface area contributed by atoms with Gasteiger partial charge in [-0.2, -0.15) is 0 Å². The second kappa shape index (κ2) is 4.62. The molecule has 1 atom stereocenters. The topological polar surface area (TPSA) is 32.3 Å². The van der Waals surface area contributed by atoms with Crippen LogP contribution in [0.2, 0.25) is 0 Å². The van der Waals surface area contributed by atoms with E-state index in [4.69, 9.17) is 5.11 Å². The van der Waals surface area contributed by atoms with Crippen LogP contribution in [-0.2, 0) is 0 Å². The maximum Gasteiger partial charge on any atom is 0.285 e. The molecule has 0 unspecified atom stereocenters. The Bertz CT molecular complexity index is 109. The quantitative estimate of drug-likeness (QED) is 0.564. The molecule has 0 aromatic heterocycles. The van der Waals surface area contributed by atoms with E-state index in [0.29, 0.717) is 6.54 Å². The minimum atomic E-state index is -2.92. The lowest BCUT2D eigenvalue weighted by molar-refractivity contribution is -0.120. The smallest absolute Gasteiger partial charge is 0.285 e. The van der Waals surface area contributed by atoms with Gasteiger partial charge in [0.2, 0.25) is 0 Å². The molecule has 68 valence electrons. The first kappa shape index (κ1) is 10.8. The van der Waals surface area contributed by atoms with Crippen LogP contribution < -0.4 is 5.32 Å². The van der Waals surface area contributed by atoms with Crippen molar-refractivity contribution in [3.05, 3.63) is 0 Å². The van der Waals surface area contributed by atoms with Crippen LogP contribution in [0.15, 0.2) is 0 Å². The van der Waals surface area contributed by atoms with Crippen molar-refractivity contribution in [3.63, 3.8) is 0 Å². The Morgan fingerprint density at radius 2 is 2.00 bits per heavy atom. The van der Waals surface area contributed by atoms with Gasteiger partial charge in [-0.1, -0.05) is 13.8 Å². The summed E-state index contributed by atoms with van der Waals surface area (Å²) < 4.78 is 24.6. The maximum atomic E-state index is 12.3. The average Bonchev–Trinajstić information content (AvgIpc) is 2.00. The van der Waals surface area contributed by atoms with Crippen LogP contribution >= 0.6 is 0 Å². The van der Waals surface area contributed by atoms with Crippen molar-refractivity contribution in [2.24, 2.45) is 0 Å². The van der Waals surface area contributed by atoms with Crippen LogP contribution in [0.25, 0.3) is 0 Å². The number of alkyl halides is 2. The standard InChI is InChI=1S/C5H9F2NO.C2H6/c6-5(7)3-8-2-1-4(5)9;1-2/h4,8-9H,1-3H2;1-2H3/t4-;/m0./s1. The summed E-state index contributed by atoms with van der Waals surface area (Å²) in [5.41, 5.74) is 0. The summed E-state index contributed by atoms with van der Waals surface area (Å²) in [4.78, 5) is 0. The minimum absolute atomic E-state index is 0.146. The Labute approximate surface area is 65.6 Å². The van der Waals surface area contributed by atoms with E-state index in [1.54, 1.807) is 0 Å². The average molecular weight is 167 g/mol. The van der Waals surface area contributed by atoms with Gasteiger partial charge >= 0.3 is 0 Å². The van der Waals surface area contributed by atoms with Crippen molar-refractivity contribution in [1.29, 1.82) is 0 Å². The number of piperidine rings is 1. The highest BCUT2D eigenvalue weighted by Gasteiger charge is 2.39. The first-order chi connectivity index (χ1) is 5.13. The summed E-state index contributed by atoms with van der Waals surface area (Å²) in [6.07, 6.45) is -1.30.